The van der Waals surface area contributed by atoms with E-state index in [9.17, 15) is 14.4 Å². The number of carboxylic acid groups (broad SMARTS) is 1. The average molecular weight is 274 g/mol. The first-order chi connectivity index (χ1) is 9.58. The lowest BCUT2D eigenvalue weighted by atomic mass is 9.92. The van der Waals surface area contributed by atoms with Gasteiger partial charge in [-0.2, -0.15) is 5.10 Å². The van der Waals surface area contributed by atoms with Gasteiger partial charge >= 0.3 is 5.97 Å². The molecule has 102 valence electrons. The van der Waals surface area contributed by atoms with Crippen LogP contribution in [-0.2, 0) is 9.59 Å². The second kappa shape index (κ2) is 4.41. The van der Waals surface area contributed by atoms with Crippen LogP contribution < -0.4 is 5.32 Å². The van der Waals surface area contributed by atoms with Crippen LogP contribution in [0.3, 0.4) is 0 Å². The fraction of sp³-hybridized carbons (Fsp3) is 0.250. The van der Waals surface area contributed by atoms with Gasteiger partial charge in [-0.3, -0.25) is 14.9 Å². The molecule has 8 nitrogen and oxygen atoms in total. The lowest BCUT2D eigenvalue weighted by Crippen LogP contribution is -2.39. The molecule has 0 aromatic carbocycles. The van der Waals surface area contributed by atoms with E-state index in [0.717, 1.165) is 0 Å². The van der Waals surface area contributed by atoms with Crippen molar-refractivity contribution in [3.63, 3.8) is 0 Å². The number of amides is 2. The summed E-state index contributed by atoms with van der Waals surface area (Å²) in [4.78, 5) is 38.2. The largest absolute Gasteiger partial charge is 0.477 e. The van der Waals surface area contributed by atoms with Crippen LogP contribution in [0, 0.1) is 0 Å². The van der Waals surface area contributed by atoms with E-state index in [1.54, 1.807) is 0 Å². The molecule has 1 fully saturated rings. The van der Waals surface area contributed by atoms with E-state index in [-0.39, 0.29) is 18.0 Å². The Labute approximate surface area is 112 Å². The number of fused-ring (bicyclic) bond motifs is 1. The minimum absolute atomic E-state index is 0.0338. The van der Waals surface area contributed by atoms with Crippen LogP contribution in [0.1, 0.15) is 34.8 Å². The van der Waals surface area contributed by atoms with Crippen molar-refractivity contribution in [1.82, 2.24) is 19.9 Å². The van der Waals surface area contributed by atoms with Gasteiger partial charge in [0, 0.05) is 18.2 Å². The van der Waals surface area contributed by atoms with Gasteiger partial charge in [0.1, 0.15) is 0 Å². The summed E-state index contributed by atoms with van der Waals surface area (Å²) in [6.07, 6.45) is 3.39. The van der Waals surface area contributed by atoms with Crippen LogP contribution in [0.4, 0.5) is 0 Å². The Morgan fingerprint density at radius 1 is 1.45 bits per heavy atom. The molecule has 0 spiro atoms. The number of carbonyl (C=O) groups is 3. The van der Waals surface area contributed by atoms with Gasteiger partial charge in [-0.1, -0.05) is 0 Å². The molecule has 2 aromatic heterocycles. The highest BCUT2D eigenvalue weighted by Crippen LogP contribution is 2.27. The van der Waals surface area contributed by atoms with Gasteiger partial charge in [-0.15, -0.1) is 0 Å². The minimum atomic E-state index is -1.13. The number of nitrogens with zero attached hydrogens (tertiary/aromatic N) is 3. The summed E-state index contributed by atoms with van der Waals surface area (Å²) in [5.41, 5.74) is 0.811. The van der Waals surface area contributed by atoms with Crippen LogP contribution in [0.5, 0.6) is 0 Å². The predicted octanol–water partition coefficient (Wildman–Crippen LogP) is -0.0523. The predicted molar refractivity (Wildman–Crippen MR) is 65.1 cm³/mol. The van der Waals surface area contributed by atoms with E-state index in [1.165, 1.54) is 23.0 Å². The van der Waals surface area contributed by atoms with Crippen molar-refractivity contribution < 1.29 is 19.5 Å². The molecule has 1 saturated heterocycles. The smallest absolute Gasteiger partial charge is 0.354 e. The van der Waals surface area contributed by atoms with Crippen LogP contribution >= 0.6 is 0 Å². The fourth-order valence-corrected chi connectivity index (χ4v) is 2.31. The number of carbonyl (C=O) groups excluding carboxylic acids is 2. The lowest BCUT2D eigenvalue weighted by Gasteiger charge is -2.19. The average Bonchev–Trinajstić information content (AvgIpc) is 2.82. The molecule has 1 aliphatic heterocycles. The summed E-state index contributed by atoms with van der Waals surface area (Å²) in [6.45, 7) is 0. The van der Waals surface area contributed by atoms with Gasteiger partial charge < -0.3 is 5.11 Å². The Morgan fingerprint density at radius 2 is 2.25 bits per heavy atom. The maximum absolute atomic E-state index is 11.9. The molecule has 8 heteroatoms. The number of aromatic nitrogens is 3. The van der Waals surface area contributed by atoms with Gasteiger partial charge in [-0.25, -0.2) is 14.3 Å². The molecule has 2 amide bonds. The molecule has 1 unspecified atom stereocenters. The number of carboxylic acids is 1. The van der Waals surface area contributed by atoms with Gasteiger partial charge in [0.25, 0.3) is 0 Å². The van der Waals surface area contributed by atoms with Crippen molar-refractivity contribution in [3.05, 3.63) is 29.7 Å². The first-order valence-electron chi connectivity index (χ1n) is 5.97. The first-order valence-corrected chi connectivity index (χ1v) is 5.97. The molecule has 2 aromatic rings. The topological polar surface area (TPSA) is 114 Å². The third-order valence-corrected chi connectivity index (χ3v) is 3.26. The van der Waals surface area contributed by atoms with Gasteiger partial charge in [0.2, 0.25) is 11.8 Å². The summed E-state index contributed by atoms with van der Waals surface area (Å²) < 4.78 is 1.18. The minimum Gasteiger partial charge on any atom is -0.477 e. The van der Waals surface area contributed by atoms with Crippen molar-refractivity contribution in [1.29, 1.82) is 0 Å². The molecule has 0 saturated carbocycles. The van der Waals surface area contributed by atoms with Crippen molar-refractivity contribution >= 4 is 23.4 Å². The molecule has 0 aliphatic carbocycles. The van der Waals surface area contributed by atoms with Crippen LogP contribution in [0.2, 0.25) is 0 Å². The Balaban J connectivity index is 2.09. The molecular weight excluding hydrogens is 264 g/mol. The highest BCUT2D eigenvalue weighted by atomic mass is 16.4. The number of nitrogens with one attached hydrogen (secondary N) is 1. The third-order valence-electron chi connectivity index (χ3n) is 3.26. The summed E-state index contributed by atoms with van der Waals surface area (Å²) in [7, 11) is 0. The Morgan fingerprint density at radius 3 is 2.95 bits per heavy atom. The standard InChI is InChI=1S/C12H10N4O4/c17-9-2-1-6(11(18)15-9)7-5-14-16-8(12(19)20)3-4-13-10(7)16/h3-6H,1-2H2,(H,19,20)(H,15,17,18). The number of aromatic carboxylic acids is 1. The number of hydrogen-bond donors (Lipinski definition) is 2. The molecule has 1 atom stereocenters. The summed E-state index contributed by atoms with van der Waals surface area (Å²) in [5.74, 6) is -2.38. The normalized spacial score (nSPS) is 19.1. The van der Waals surface area contributed by atoms with E-state index in [2.05, 4.69) is 15.4 Å². The lowest BCUT2D eigenvalue weighted by molar-refractivity contribution is -0.134. The van der Waals surface area contributed by atoms with E-state index in [0.29, 0.717) is 17.6 Å². The van der Waals surface area contributed by atoms with E-state index >= 15 is 0 Å². The van der Waals surface area contributed by atoms with Gasteiger partial charge in [-0.05, 0) is 12.5 Å². The summed E-state index contributed by atoms with van der Waals surface area (Å²) >= 11 is 0. The van der Waals surface area contributed by atoms with Crippen molar-refractivity contribution in [2.24, 2.45) is 0 Å². The number of piperidine rings is 1. The number of imide groups is 1. The molecule has 20 heavy (non-hydrogen) atoms. The quantitative estimate of drug-likeness (QED) is 0.742. The molecule has 3 rings (SSSR count). The Bertz CT molecular complexity index is 736. The second-order valence-corrected chi connectivity index (χ2v) is 4.47. The SMILES string of the molecule is O=C1CCC(c2cnn3c(C(=O)O)ccnc23)C(=O)N1. The fourth-order valence-electron chi connectivity index (χ4n) is 2.31. The first kappa shape index (κ1) is 12.3. The van der Waals surface area contributed by atoms with Crippen LogP contribution in [0.15, 0.2) is 18.5 Å². The molecule has 0 bridgehead atoms. The zero-order chi connectivity index (χ0) is 14.3. The van der Waals surface area contributed by atoms with Gasteiger partial charge in [0.05, 0.1) is 12.1 Å². The van der Waals surface area contributed by atoms with E-state index in [1.807, 2.05) is 0 Å². The molecular formula is C12H10N4O4. The monoisotopic (exact) mass is 274 g/mol. The van der Waals surface area contributed by atoms with Crippen LogP contribution in [-0.4, -0.2) is 37.5 Å². The van der Waals surface area contributed by atoms with E-state index < -0.39 is 17.8 Å². The second-order valence-electron chi connectivity index (χ2n) is 4.47. The Hall–Kier alpha value is -2.77. The molecule has 1 aliphatic rings. The number of hydrogen-bond acceptors (Lipinski definition) is 5. The van der Waals surface area contributed by atoms with E-state index in [4.69, 9.17) is 5.11 Å². The van der Waals surface area contributed by atoms with Gasteiger partial charge in [0.15, 0.2) is 11.3 Å². The highest BCUT2D eigenvalue weighted by molar-refractivity contribution is 6.01. The zero-order valence-corrected chi connectivity index (χ0v) is 10.2. The number of rotatable bonds is 2. The third kappa shape index (κ3) is 1.81. The van der Waals surface area contributed by atoms with Crippen LogP contribution in [0.25, 0.3) is 5.65 Å². The highest BCUT2D eigenvalue weighted by Gasteiger charge is 2.31. The molecule has 3 heterocycles. The van der Waals surface area contributed by atoms with Crippen molar-refractivity contribution in [3.8, 4) is 0 Å². The molecule has 0 radical (unpaired) electrons. The van der Waals surface area contributed by atoms with Crippen molar-refractivity contribution in [2.45, 2.75) is 18.8 Å². The summed E-state index contributed by atoms with van der Waals surface area (Å²) in [6, 6.07) is 1.33. The summed E-state index contributed by atoms with van der Waals surface area (Å²) in [5, 5.41) is 15.3. The Kier molecular flexibility index (Phi) is 2.70. The van der Waals surface area contributed by atoms with Crippen molar-refractivity contribution in [2.75, 3.05) is 0 Å². The zero-order valence-electron chi connectivity index (χ0n) is 10.2. The molecule has 2 N–H and O–H groups in total. The maximum atomic E-state index is 11.9. The maximum Gasteiger partial charge on any atom is 0.354 e.